The number of benzene rings is 2. The zero-order chi connectivity index (χ0) is 24.6. The van der Waals surface area contributed by atoms with Crippen LogP contribution in [0.25, 0.3) is 0 Å². The number of hydrogen-bond donors (Lipinski definition) is 0. The van der Waals surface area contributed by atoms with E-state index in [0.29, 0.717) is 18.3 Å². The van der Waals surface area contributed by atoms with Gasteiger partial charge in [-0.25, -0.2) is 0 Å². The second-order valence-corrected chi connectivity index (χ2v) is 12.1. The Kier molecular flexibility index (Phi) is 6.54. The van der Waals surface area contributed by atoms with E-state index in [2.05, 4.69) is 67.0 Å². The summed E-state index contributed by atoms with van der Waals surface area (Å²) in [4.78, 5) is 17.9. The molecule has 2 heterocycles. The van der Waals surface area contributed by atoms with Gasteiger partial charge in [0.1, 0.15) is 5.76 Å². The van der Waals surface area contributed by atoms with E-state index in [1.165, 1.54) is 17.5 Å². The minimum absolute atomic E-state index is 0.0370. The van der Waals surface area contributed by atoms with E-state index in [9.17, 15) is 4.79 Å². The van der Waals surface area contributed by atoms with Gasteiger partial charge in [0.2, 0.25) is 0 Å². The molecule has 1 aliphatic carbocycles. The highest BCUT2D eigenvalue weighted by Gasteiger charge is 2.51. The maximum absolute atomic E-state index is 13.5. The number of fused-ring (bicyclic) bond motifs is 2. The number of carbonyl (C=O) groups excluding carboxylic acids is 1. The van der Waals surface area contributed by atoms with Crippen molar-refractivity contribution >= 4 is 17.5 Å². The van der Waals surface area contributed by atoms with Crippen LogP contribution in [-0.2, 0) is 19.6 Å². The summed E-state index contributed by atoms with van der Waals surface area (Å²) in [7, 11) is 0. The Labute approximate surface area is 213 Å². The van der Waals surface area contributed by atoms with Crippen molar-refractivity contribution in [3.05, 3.63) is 94.4 Å². The third-order valence-electron chi connectivity index (χ3n) is 7.50. The van der Waals surface area contributed by atoms with Gasteiger partial charge in [0.05, 0.1) is 6.54 Å². The fraction of sp³-hybridized carbons (Fsp3) is 0.433. The van der Waals surface area contributed by atoms with Crippen molar-refractivity contribution in [2.24, 2.45) is 10.8 Å². The lowest BCUT2D eigenvalue weighted by Gasteiger charge is -2.39. The average molecular weight is 491 g/mol. The van der Waals surface area contributed by atoms with Crippen molar-refractivity contribution in [2.45, 2.75) is 65.7 Å². The summed E-state index contributed by atoms with van der Waals surface area (Å²) in [5.74, 6) is 1.31. The zero-order valence-corrected chi connectivity index (χ0v) is 21.7. The Bertz CT molecular complexity index is 1170. The molecule has 5 rings (SSSR count). The molecule has 2 bridgehead atoms. The zero-order valence-electron chi connectivity index (χ0n) is 21.0. The van der Waals surface area contributed by atoms with E-state index in [4.69, 9.17) is 16.0 Å². The van der Waals surface area contributed by atoms with Crippen LogP contribution in [0.1, 0.15) is 67.5 Å². The summed E-state index contributed by atoms with van der Waals surface area (Å²) in [5.41, 5.74) is 2.92. The fourth-order valence-electron chi connectivity index (χ4n) is 6.49. The van der Waals surface area contributed by atoms with Crippen molar-refractivity contribution in [3.63, 3.8) is 0 Å². The molecule has 2 aromatic carbocycles. The molecule has 0 N–H and O–H groups in total. The van der Waals surface area contributed by atoms with Crippen molar-refractivity contribution in [3.8, 4) is 0 Å². The van der Waals surface area contributed by atoms with Crippen LogP contribution >= 0.6 is 11.6 Å². The molecule has 0 radical (unpaired) electrons. The normalized spacial score (nSPS) is 23.1. The maximum atomic E-state index is 13.5. The minimum Gasteiger partial charge on any atom is -0.455 e. The molecule has 2 unspecified atom stereocenters. The van der Waals surface area contributed by atoms with Crippen molar-refractivity contribution in [1.29, 1.82) is 0 Å². The molecule has 4 nitrogen and oxygen atoms in total. The maximum Gasteiger partial charge on any atom is 0.289 e. The number of nitrogens with zero attached hydrogens (tertiary/aromatic N) is 2. The van der Waals surface area contributed by atoms with Crippen LogP contribution in [-0.4, -0.2) is 28.3 Å². The third kappa shape index (κ3) is 5.65. The smallest absolute Gasteiger partial charge is 0.289 e. The van der Waals surface area contributed by atoms with Gasteiger partial charge in [0.15, 0.2) is 5.76 Å². The first-order valence-electron chi connectivity index (χ1n) is 12.6. The molecule has 5 heteroatoms. The Morgan fingerprint density at radius 3 is 2.34 bits per heavy atom. The van der Waals surface area contributed by atoms with Gasteiger partial charge >= 0.3 is 0 Å². The van der Waals surface area contributed by atoms with E-state index in [1.807, 2.05) is 30.3 Å². The largest absolute Gasteiger partial charge is 0.455 e. The minimum atomic E-state index is 0.0370. The van der Waals surface area contributed by atoms with Crippen LogP contribution in [0.5, 0.6) is 0 Å². The Morgan fingerprint density at radius 1 is 0.943 bits per heavy atom. The monoisotopic (exact) mass is 490 g/mol. The van der Waals surface area contributed by atoms with Crippen LogP contribution in [0.3, 0.4) is 0 Å². The number of hydrogen-bond acceptors (Lipinski definition) is 3. The van der Waals surface area contributed by atoms with Crippen LogP contribution < -0.4 is 0 Å². The van der Waals surface area contributed by atoms with Gasteiger partial charge in [-0.15, -0.1) is 0 Å². The molecule has 0 spiro atoms. The number of rotatable bonds is 7. The van der Waals surface area contributed by atoms with Gasteiger partial charge in [-0.2, -0.15) is 0 Å². The van der Waals surface area contributed by atoms with Crippen LogP contribution in [0, 0.1) is 10.8 Å². The molecule has 3 aromatic rings. The standard InChI is InChI=1S/C30H35ClN2O2/c1-29(2)15-25-16-30(3,20-29)21-33(25)28(34)27-14-13-26(35-27)19-32(17-22-7-5-4-6-8-22)18-23-9-11-24(31)12-10-23/h4-14,25H,15-21H2,1-3H3. The number of amides is 1. The Morgan fingerprint density at radius 2 is 1.63 bits per heavy atom. The molecular weight excluding hydrogens is 456 g/mol. The summed E-state index contributed by atoms with van der Waals surface area (Å²) >= 11 is 6.09. The highest BCUT2D eigenvalue weighted by molar-refractivity contribution is 6.30. The van der Waals surface area contributed by atoms with Crippen molar-refractivity contribution in [2.75, 3.05) is 6.54 Å². The highest BCUT2D eigenvalue weighted by atomic mass is 35.5. The van der Waals surface area contributed by atoms with E-state index < -0.39 is 0 Å². The summed E-state index contributed by atoms with van der Waals surface area (Å²) in [6.07, 6.45) is 3.33. The second kappa shape index (κ2) is 9.48. The van der Waals surface area contributed by atoms with Gasteiger partial charge in [-0.05, 0) is 65.5 Å². The summed E-state index contributed by atoms with van der Waals surface area (Å²) in [6, 6.07) is 22.5. The van der Waals surface area contributed by atoms with Gasteiger partial charge in [-0.3, -0.25) is 9.69 Å². The number of halogens is 1. The Balaban J connectivity index is 1.31. The topological polar surface area (TPSA) is 36.7 Å². The lowest BCUT2D eigenvalue weighted by atomic mass is 9.65. The molecule has 2 fully saturated rings. The van der Waals surface area contributed by atoms with Crippen molar-refractivity contribution in [1.82, 2.24) is 9.80 Å². The van der Waals surface area contributed by atoms with Crippen molar-refractivity contribution < 1.29 is 9.21 Å². The summed E-state index contributed by atoms with van der Waals surface area (Å²) < 4.78 is 6.16. The molecule has 1 aromatic heterocycles. The SMILES string of the molecule is CC1(C)CC2CC(C)(CN2C(=O)c2ccc(CN(Cc3ccccc3)Cc3ccc(Cl)cc3)o2)C1. The molecule has 2 aliphatic rings. The molecule has 1 aliphatic heterocycles. The predicted molar refractivity (Wildman–Crippen MR) is 140 cm³/mol. The first-order valence-corrected chi connectivity index (χ1v) is 13.0. The molecule has 1 saturated carbocycles. The van der Waals surface area contributed by atoms with Crippen LogP contribution in [0.15, 0.2) is 71.1 Å². The molecular formula is C30H35ClN2O2. The molecule has 1 amide bonds. The predicted octanol–water partition coefficient (Wildman–Crippen LogP) is 7.18. The quantitative estimate of drug-likeness (QED) is 0.352. The van der Waals surface area contributed by atoms with E-state index in [0.717, 1.165) is 43.3 Å². The van der Waals surface area contributed by atoms with Gasteiger partial charge in [0.25, 0.3) is 5.91 Å². The molecule has 1 saturated heterocycles. The highest BCUT2D eigenvalue weighted by Crippen LogP contribution is 2.52. The third-order valence-corrected chi connectivity index (χ3v) is 7.75. The lowest BCUT2D eigenvalue weighted by molar-refractivity contribution is 0.0672. The number of likely N-dealkylation sites (tertiary alicyclic amines) is 1. The average Bonchev–Trinajstić information content (AvgIpc) is 3.36. The fourth-order valence-corrected chi connectivity index (χ4v) is 6.62. The van der Waals surface area contributed by atoms with E-state index in [-0.39, 0.29) is 16.7 Å². The van der Waals surface area contributed by atoms with Crippen LogP contribution in [0.2, 0.25) is 5.02 Å². The Hall–Kier alpha value is -2.56. The second-order valence-electron chi connectivity index (χ2n) is 11.7. The van der Waals surface area contributed by atoms with E-state index >= 15 is 0 Å². The van der Waals surface area contributed by atoms with E-state index in [1.54, 1.807) is 0 Å². The summed E-state index contributed by atoms with van der Waals surface area (Å²) in [5, 5.41) is 0.737. The first-order chi connectivity index (χ1) is 16.7. The number of furan rings is 1. The lowest BCUT2D eigenvalue weighted by Crippen LogP contribution is -2.37. The van der Waals surface area contributed by atoms with Gasteiger partial charge in [-0.1, -0.05) is 74.8 Å². The van der Waals surface area contributed by atoms with Gasteiger partial charge in [0, 0.05) is 30.7 Å². The first kappa shape index (κ1) is 24.1. The van der Waals surface area contributed by atoms with Gasteiger partial charge < -0.3 is 9.32 Å². The molecule has 184 valence electrons. The molecule has 35 heavy (non-hydrogen) atoms. The molecule has 2 atom stereocenters. The number of carbonyl (C=O) groups is 1. The van der Waals surface area contributed by atoms with Crippen LogP contribution in [0.4, 0.5) is 0 Å². The summed E-state index contributed by atoms with van der Waals surface area (Å²) in [6.45, 7) is 10.00.